The Kier molecular flexibility index (Phi) is 3.21. The maximum atomic E-state index is 2.40. The molecule has 2 aliphatic rings. The van der Waals surface area contributed by atoms with Crippen LogP contribution < -0.4 is 0 Å². The predicted octanol–water partition coefficient (Wildman–Crippen LogP) is 6.54. The summed E-state index contributed by atoms with van der Waals surface area (Å²) < 4.78 is 0. The van der Waals surface area contributed by atoms with Crippen molar-refractivity contribution in [2.45, 2.75) is 32.1 Å². The molecule has 25 heavy (non-hydrogen) atoms. The fourth-order valence-corrected chi connectivity index (χ4v) is 4.61. The molecule has 0 heteroatoms. The number of allylic oxidation sites excluding steroid dienone is 1. The van der Waals surface area contributed by atoms with Crippen LogP contribution in [-0.2, 0) is 6.42 Å². The Labute approximate surface area is 149 Å². The summed E-state index contributed by atoms with van der Waals surface area (Å²) in [5.74, 6) is 0.946. The van der Waals surface area contributed by atoms with Gasteiger partial charge in [0.25, 0.3) is 0 Å². The third-order valence-electron chi connectivity index (χ3n) is 5.81. The molecule has 0 saturated heterocycles. The van der Waals surface area contributed by atoms with Crippen LogP contribution >= 0.6 is 0 Å². The van der Waals surface area contributed by atoms with Crippen molar-refractivity contribution in [3.8, 4) is 11.1 Å². The SMILES string of the molecule is CC(C)c1cccc2c1C=CC2c1cccc2c1Cc1ccccc1-2. The lowest BCUT2D eigenvalue weighted by Crippen LogP contribution is -2.02. The van der Waals surface area contributed by atoms with Gasteiger partial charge in [0.05, 0.1) is 0 Å². The van der Waals surface area contributed by atoms with E-state index >= 15 is 0 Å². The van der Waals surface area contributed by atoms with E-state index in [4.69, 9.17) is 0 Å². The maximum Gasteiger partial charge on any atom is 0.0281 e. The minimum Gasteiger partial charge on any atom is -0.0720 e. The fourth-order valence-electron chi connectivity index (χ4n) is 4.61. The normalized spacial score (nSPS) is 16.8. The number of fused-ring (bicyclic) bond motifs is 4. The highest BCUT2D eigenvalue weighted by atomic mass is 14.3. The van der Waals surface area contributed by atoms with Crippen LogP contribution in [0.15, 0.2) is 66.7 Å². The van der Waals surface area contributed by atoms with Gasteiger partial charge in [-0.05, 0) is 56.8 Å². The van der Waals surface area contributed by atoms with E-state index in [9.17, 15) is 0 Å². The first-order chi connectivity index (χ1) is 12.2. The molecule has 5 rings (SSSR count). The van der Waals surface area contributed by atoms with Gasteiger partial charge in [0, 0.05) is 5.92 Å². The van der Waals surface area contributed by atoms with Crippen LogP contribution in [0.3, 0.4) is 0 Å². The van der Waals surface area contributed by atoms with Gasteiger partial charge in [0.1, 0.15) is 0 Å². The highest BCUT2D eigenvalue weighted by Gasteiger charge is 2.27. The van der Waals surface area contributed by atoms with E-state index in [-0.39, 0.29) is 0 Å². The molecule has 0 radical (unpaired) electrons. The monoisotopic (exact) mass is 322 g/mol. The summed E-state index contributed by atoms with van der Waals surface area (Å²) >= 11 is 0. The molecule has 0 bridgehead atoms. The third-order valence-corrected chi connectivity index (χ3v) is 5.81. The predicted molar refractivity (Wildman–Crippen MR) is 106 cm³/mol. The Morgan fingerprint density at radius 2 is 1.56 bits per heavy atom. The summed E-state index contributed by atoms with van der Waals surface area (Å²) in [5, 5.41) is 0. The minimum atomic E-state index is 0.387. The van der Waals surface area contributed by atoms with Crippen molar-refractivity contribution >= 4 is 6.08 Å². The summed E-state index contributed by atoms with van der Waals surface area (Å²) in [7, 11) is 0. The highest BCUT2D eigenvalue weighted by molar-refractivity contribution is 5.79. The lowest BCUT2D eigenvalue weighted by molar-refractivity contribution is 0.859. The number of benzene rings is 3. The number of hydrogen-bond acceptors (Lipinski definition) is 0. The maximum absolute atomic E-state index is 2.40. The van der Waals surface area contributed by atoms with Gasteiger partial charge in [0.2, 0.25) is 0 Å². The van der Waals surface area contributed by atoms with Crippen LogP contribution in [0.1, 0.15) is 59.1 Å². The van der Waals surface area contributed by atoms with Crippen LogP contribution in [0.4, 0.5) is 0 Å². The lowest BCUT2D eigenvalue weighted by Gasteiger charge is -2.18. The van der Waals surface area contributed by atoms with Gasteiger partial charge >= 0.3 is 0 Å². The zero-order valence-corrected chi connectivity index (χ0v) is 14.8. The Bertz CT molecular complexity index is 1000. The summed E-state index contributed by atoms with van der Waals surface area (Å²) in [5.41, 5.74) is 11.7. The summed E-state index contributed by atoms with van der Waals surface area (Å²) in [4.78, 5) is 0. The molecule has 1 atom stereocenters. The summed E-state index contributed by atoms with van der Waals surface area (Å²) in [6.07, 6.45) is 5.80. The van der Waals surface area contributed by atoms with Gasteiger partial charge < -0.3 is 0 Å². The molecule has 3 aromatic rings. The average Bonchev–Trinajstić information content (AvgIpc) is 3.22. The van der Waals surface area contributed by atoms with E-state index < -0.39 is 0 Å². The molecule has 0 spiro atoms. The van der Waals surface area contributed by atoms with Crippen LogP contribution in [0.2, 0.25) is 0 Å². The smallest absolute Gasteiger partial charge is 0.0281 e. The second-order valence-corrected chi connectivity index (χ2v) is 7.55. The molecule has 1 unspecified atom stereocenters. The molecular formula is C25H22. The quantitative estimate of drug-likeness (QED) is 0.393. The largest absolute Gasteiger partial charge is 0.0720 e. The topological polar surface area (TPSA) is 0 Å². The van der Waals surface area contributed by atoms with Gasteiger partial charge in [0.15, 0.2) is 0 Å². The van der Waals surface area contributed by atoms with Gasteiger partial charge in [-0.1, -0.05) is 86.7 Å². The van der Waals surface area contributed by atoms with Crippen LogP contribution in [0.5, 0.6) is 0 Å². The van der Waals surface area contributed by atoms with Crippen molar-refractivity contribution in [2.24, 2.45) is 0 Å². The molecule has 0 aromatic heterocycles. The molecule has 0 fully saturated rings. The van der Waals surface area contributed by atoms with E-state index in [1.807, 2.05) is 0 Å². The standard InChI is InChI=1S/C25H22/c1-16(2)18-9-5-11-21-23(18)13-14-24(21)22-12-6-10-20-19-8-4-3-7-17(19)15-25(20)22/h3-14,16,24H,15H2,1-2H3. The molecule has 3 aromatic carbocycles. The molecule has 0 N–H and O–H groups in total. The molecule has 0 aliphatic heterocycles. The number of rotatable bonds is 2. The second kappa shape index (κ2) is 5.46. The van der Waals surface area contributed by atoms with Crippen molar-refractivity contribution < 1.29 is 0 Å². The Balaban J connectivity index is 1.65. The molecule has 0 nitrogen and oxygen atoms in total. The van der Waals surface area contributed by atoms with Crippen molar-refractivity contribution in [1.29, 1.82) is 0 Å². The van der Waals surface area contributed by atoms with E-state index in [2.05, 4.69) is 86.7 Å². The lowest BCUT2D eigenvalue weighted by atomic mass is 9.86. The Morgan fingerprint density at radius 1 is 0.800 bits per heavy atom. The van der Waals surface area contributed by atoms with Crippen LogP contribution in [0, 0.1) is 0 Å². The molecular weight excluding hydrogens is 300 g/mol. The molecule has 2 aliphatic carbocycles. The van der Waals surface area contributed by atoms with Crippen molar-refractivity contribution in [1.82, 2.24) is 0 Å². The molecule has 0 saturated carbocycles. The van der Waals surface area contributed by atoms with Gasteiger partial charge in [-0.2, -0.15) is 0 Å². The fraction of sp³-hybridized carbons (Fsp3) is 0.200. The Morgan fingerprint density at radius 3 is 2.44 bits per heavy atom. The van der Waals surface area contributed by atoms with Crippen molar-refractivity contribution in [2.75, 3.05) is 0 Å². The van der Waals surface area contributed by atoms with Gasteiger partial charge in [-0.25, -0.2) is 0 Å². The molecule has 0 heterocycles. The average molecular weight is 322 g/mol. The van der Waals surface area contributed by atoms with E-state index in [1.54, 1.807) is 0 Å². The zero-order valence-electron chi connectivity index (χ0n) is 14.8. The first-order valence-electron chi connectivity index (χ1n) is 9.25. The van der Waals surface area contributed by atoms with E-state index in [0.717, 1.165) is 6.42 Å². The van der Waals surface area contributed by atoms with E-state index in [0.29, 0.717) is 11.8 Å². The molecule has 122 valence electrons. The zero-order chi connectivity index (χ0) is 17.0. The molecule has 0 amide bonds. The first-order valence-corrected chi connectivity index (χ1v) is 9.25. The van der Waals surface area contributed by atoms with Crippen molar-refractivity contribution in [3.63, 3.8) is 0 Å². The minimum absolute atomic E-state index is 0.387. The van der Waals surface area contributed by atoms with Crippen LogP contribution in [0.25, 0.3) is 17.2 Å². The van der Waals surface area contributed by atoms with Gasteiger partial charge in [-0.3, -0.25) is 0 Å². The van der Waals surface area contributed by atoms with Gasteiger partial charge in [-0.15, -0.1) is 0 Å². The van der Waals surface area contributed by atoms with Crippen molar-refractivity contribution in [3.05, 3.63) is 100 Å². The number of hydrogen-bond donors (Lipinski definition) is 0. The first kappa shape index (κ1) is 14.7. The van der Waals surface area contributed by atoms with Crippen LogP contribution in [-0.4, -0.2) is 0 Å². The highest BCUT2D eigenvalue weighted by Crippen LogP contribution is 2.45. The summed E-state index contributed by atoms with van der Waals surface area (Å²) in [6.45, 7) is 4.57. The second-order valence-electron chi connectivity index (χ2n) is 7.55. The summed E-state index contributed by atoms with van der Waals surface area (Å²) in [6, 6.07) is 22.5. The third kappa shape index (κ3) is 2.14. The Hall–Kier alpha value is -2.60. The van der Waals surface area contributed by atoms with E-state index in [1.165, 1.54) is 44.5 Å².